The topological polar surface area (TPSA) is 39.7 Å². The monoisotopic (exact) mass is 331 g/mol. The summed E-state index contributed by atoms with van der Waals surface area (Å²) in [6, 6.07) is 6.06. The van der Waals surface area contributed by atoms with Crippen molar-refractivity contribution >= 4 is 15.9 Å². The lowest BCUT2D eigenvalue weighted by molar-refractivity contribution is -0.122. The zero-order chi connectivity index (χ0) is 14.3. The molecule has 0 spiro atoms. The molecule has 0 saturated heterocycles. The van der Waals surface area contributed by atoms with Gasteiger partial charge in [0.2, 0.25) is 0 Å². The fourth-order valence-electron chi connectivity index (χ4n) is 2.10. The molecule has 0 radical (unpaired) electrons. The van der Waals surface area contributed by atoms with Gasteiger partial charge in [-0.1, -0.05) is 22.9 Å². The number of likely N-dealkylation sites (N-methyl/N-ethyl adjacent to an activating group) is 1. The summed E-state index contributed by atoms with van der Waals surface area (Å²) in [5.74, 6) is 0.872. The molecule has 0 aliphatic heterocycles. The number of nitrogens with one attached hydrogen (secondary N) is 1. The average Bonchev–Trinajstić information content (AvgIpc) is 2.40. The molecular formula is C14H22BrNO3. The van der Waals surface area contributed by atoms with Crippen molar-refractivity contribution in [3.05, 3.63) is 28.2 Å². The van der Waals surface area contributed by atoms with Crippen LogP contribution in [-0.4, -0.2) is 40.2 Å². The quantitative estimate of drug-likeness (QED) is 0.743. The van der Waals surface area contributed by atoms with Gasteiger partial charge in [0.25, 0.3) is 0 Å². The van der Waals surface area contributed by atoms with Crippen LogP contribution >= 0.6 is 15.9 Å². The van der Waals surface area contributed by atoms with Gasteiger partial charge >= 0.3 is 0 Å². The Morgan fingerprint density at radius 2 is 1.89 bits per heavy atom. The van der Waals surface area contributed by atoms with Gasteiger partial charge in [0, 0.05) is 18.7 Å². The maximum absolute atomic E-state index is 5.40. The molecule has 0 aliphatic carbocycles. The molecule has 1 N–H and O–H groups in total. The molecule has 4 nitrogen and oxygen atoms in total. The smallest absolute Gasteiger partial charge is 0.172 e. The number of ether oxygens (including phenoxy) is 3. The van der Waals surface area contributed by atoms with Crippen molar-refractivity contribution in [2.45, 2.75) is 25.7 Å². The van der Waals surface area contributed by atoms with Crippen LogP contribution in [0.4, 0.5) is 0 Å². The highest BCUT2D eigenvalue weighted by molar-refractivity contribution is 9.10. The van der Waals surface area contributed by atoms with Crippen molar-refractivity contribution in [1.29, 1.82) is 0 Å². The molecule has 1 atom stereocenters. The fourth-order valence-corrected chi connectivity index (χ4v) is 2.50. The lowest BCUT2D eigenvalue weighted by Gasteiger charge is -2.26. The number of hydrogen-bond donors (Lipinski definition) is 1. The Balaban J connectivity index is 2.91. The van der Waals surface area contributed by atoms with E-state index in [2.05, 4.69) is 34.2 Å². The van der Waals surface area contributed by atoms with Gasteiger partial charge in [-0.3, -0.25) is 0 Å². The van der Waals surface area contributed by atoms with Crippen LogP contribution in [-0.2, 0) is 15.9 Å². The number of hydrogen-bond acceptors (Lipinski definition) is 4. The highest BCUT2D eigenvalue weighted by atomic mass is 79.9. The largest absolute Gasteiger partial charge is 0.496 e. The maximum atomic E-state index is 5.40. The Hall–Kier alpha value is -0.620. The van der Waals surface area contributed by atoms with Gasteiger partial charge in [0.1, 0.15) is 5.75 Å². The van der Waals surface area contributed by atoms with Crippen LogP contribution in [0.15, 0.2) is 22.7 Å². The Morgan fingerprint density at radius 1 is 1.21 bits per heavy atom. The van der Waals surface area contributed by atoms with E-state index in [1.54, 1.807) is 21.3 Å². The van der Waals surface area contributed by atoms with Gasteiger partial charge in [0.05, 0.1) is 13.2 Å². The van der Waals surface area contributed by atoms with Gasteiger partial charge in [-0.05, 0) is 36.7 Å². The standard InChI is InChI=1S/C14H22BrNO3/c1-5-16-12(14(18-3)19-4)9-10-8-11(15)6-7-13(10)17-2/h6-8,12,14,16H,5,9H2,1-4H3. The molecule has 1 aromatic rings. The van der Waals surface area contributed by atoms with E-state index < -0.39 is 0 Å². The first-order chi connectivity index (χ1) is 9.15. The van der Waals surface area contributed by atoms with E-state index in [9.17, 15) is 0 Å². The minimum absolute atomic E-state index is 0.0724. The molecule has 5 heteroatoms. The van der Waals surface area contributed by atoms with Crippen LogP contribution in [0.2, 0.25) is 0 Å². The van der Waals surface area contributed by atoms with E-state index in [0.29, 0.717) is 0 Å². The number of benzene rings is 1. The van der Waals surface area contributed by atoms with Gasteiger partial charge in [-0.2, -0.15) is 0 Å². The van der Waals surface area contributed by atoms with Crippen LogP contribution in [0.25, 0.3) is 0 Å². The fraction of sp³-hybridized carbons (Fsp3) is 0.571. The van der Waals surface area contributed by atoms with E-state index in [1.165, 1.54) is 0 Å². The molecule has 0 bridgehead atoms. The summed E-state index contributed by atoms with van der Waals surface area (Å²) >= 11 is 3.49. The second kappa shape index (κ2) is 8.53. The molecule has 0 fully saturated rings. The van der Waals surface area contributed by atoms with Crippen LogP contribution < -0.4 is 10.1 Å². The minimum atomic E-state index is -0.288. The number of rotatable bonds is 8. The van der Waals surface area contributed by atoms with E-state index in [1.807, 2.05) is 12.1 Å². The molecule has 1 aromatic carbocycles. The highest BCUT2D eigenvalue weighted by Gasteiger charge is 2.21. The second-order valence-corrected chi connectivity index (χ2v) is 5.08. The summed E-state index contributed by atoms with van der Waals surface area (Å²) in [4.78, 5) is 0. The zero-order valence-corrected chi connectivity index (χ0v) is 13.5. The molecule has 19 heavy (non-hydrogen) atoms. The SMILES string of the molecule is CCNC(Cc1cc(Br)ccc1OC)C(OC)OC. The van der Waals surface area contributed by atoms with Gasteiger partial charge in [0.15, 0.2) is 6.29 Å². The first-order valence-electron chi connectivity index (χ1n) is 6.27. The summed E-state index contributed by atoms with van der Waals surface area (Å²) < 4.78 is 17.1. The van der Waals surface area contributed by atoms with Crippen LogP contribution in [0.5, 0.6) is 5.75 Å². The highest BCUT2D eigenvalue weighted by Crippen LogP contribution is 2.25. The molecule has 0 heterocycles. The van der Waals surface area contributed by atoms with Crippen molar-refractivity contribution in [2.75, 3.05) is 27.9 Å². The Labute approximate surface area is 123 Å². The van der Waals surface area contributed by atoms with Crippen molar-refractivity contribution in [3.63, 3.8) is 0 Å². The van der Waals surface area contributed by atoms with Crippen LogP contribution in [0, 0.1) is 0 Å². The lowest BCUT2D eigenvalue weighted by atomic mass is 10.0. The third-order valence-corrected chi connectivity index (χ3v) is 3.43. The van der Waals surface area contributed by atoms with Crippen molar-refractivity contribution < 1.29 is 14.2 Å². The molecule has 1 rings (SSSR count). The third kappa shape index (κ3) is 4.76. The molecule has 1 unspecified atom stereocenters. The van der Waals surface area contributed by atoms with Gasteiger partial charge in [-0.15, -0.1) is 0 Å². The Morgan fingerprint density at radius 3 is 2.42 bits per heavy atom. The summed E-state index contributed by atoms with van der Waals surface area (Å²) in [6.07, 6.45) is 0.478. The lowest BCUT2D eigenvalue weighted by Crippen LogP contribution is -2.43. The predicted octanol–water partition coefficient (Wildman–Crippen LogP) is 2.60. The zero-order valence-electron chi connectivity index (χ0n) is 11.9. The molecule has 0 aromatic heterocycles. The summed E-state index contributed by atoms with van der Waals surface area (Å²) in [5, 5.41) is 3.38. The predicted molar refractivity (Wildman–Crippen MR) is 79.7 cm³/mol. The normalized spacial score (nSPS) is 12.7. The summed E-state index contributed by atoms with van der Waals surface area (Å²) in [6.45, 7) is 2.91. The Kier molecular flexibility index (Phi) is 7.38. The third-order valence-electron chi connectivity index (χ3n) is 2.94. The molecule has 0 saturated carbocycles. The average molecular weight is 332 g/mol. The van der Waals surface area contributed by atoms with Gasteiger partial charge in [-0.25, -0.2) is 0 Å². The molecule has 0 amide bonds. The number of halogens is 1. The molecule has 108 valence electrons. The molecular weight excluding hydrogens is 310 g/mol. The van der Waals surface area contributed by atoms with Gasteiger partial charge < -0.3 is 19.5 Å². The van der Waals surface area contributed by atoms with Crippen molar-refractivity contribution in [3.8, 4) is 5.75 Å². The second-order valence-electron chi connectivity index (χ2n) is 4.16. The van der Waals surface area contributed by atoms with E-state index in [-0.39, 0.29) is 12.3 Å². The first-order valence-corrected chi connectivity index (χ1v) is 7.06. The molecule has 0 aliphatic rings. The van der Waals surface area contributed by atoms with E-state index in [0.717, 1.165) is 28.8 Å². The van der Waals surface area contributed by atoms with E-state index in [4.69, 9.17) is 14.2 Å². The van der Waals surface area contributed by atoms with Crippen LogP contribution in [0.3, 0.4) is 0 Å². The maximum Gasteiger partial charge on any atom is 0.172 e. The van der Waals surface area contributed by atoms with E-state index >= 15 is 0 Å². The number of methoxy groups -OCH3 is 3. The minimum Gasteiger partial charge on any atom is -0.496 e. The first kappa shape index (κ1) is 16.4. The summed E-state index contributed by atoms with van der Waals surface area (Å²) in [7, 11) is 4.98. The van der Waals surface area contributed by atoms with Crippen molar-refractivity contribution in [2.24, 2.45) is 0 Å². The Bertz CT molecular complexity index is 383. The van der Waals surface area contributed by atoms with Crippen LogP contribution in [0.1, 0.15) is 12.5 Å². The van der Waals surface area contributed by atoms with Crippen molar-refractivity contribution in [1.82, 2.24) is 5.32 Å². The summed E-state index contributed by atoms with van der Waals surface area (Å²) in [5.41, 5.74) is 1.11.